The van der Waals surface area contributed by atoms with Gasteiger partial charge in [-0.25, -0.2) is 5.43 Å². The lowest BCUT2D eigenvalue weighted by Gasteiger charge is -2.08. The molecule has 0 spiro atoms. The summed E-state index contributed by atoms with van der Waals surface area (Å²) < 4.78 is 5.19. The number of benzene rings is 2. The third-order valence-corrected chi connectivity index (χ3v) is 4.45. The van der Waals surface area contributed by atoms with Gasteiger partial charge in [0, 0.05) is 17.0 Å². The predicted octanol–water partition coefficient (Wildman–Crippen LogP) is 3.88. The zero-order chi connectivity index (χ0) is 17.9. The Morgan fingerprint density at radius 2 is 2.04 bits per heavy atom. The number of para-hydroxylation sites is 1. The Kier molecular flexibility index (Phi) is 4.35. The van der Waals surface area contributed by atoms with Crippen LogP contribution in [0.5, 0.6) is 5.75 Å². The molecular formula is C21H19N3O2. The first-order valence-electron chi connectivity index (χ1n) is 8.62. The molecule has 1 heterocycles. The van der Waals surface area contributed by atoms with Crippen LogP contribution >= 0.6 is 0 Å². The first-order valence-corrected chi connectivity index (χ1v) is 8.62. The number of carbonyl (C=O) groups excluding carboxylic acids is 1. The van der Waals surface area contributed by atoms with Gasteiger partial charge < -0.3 is 4.74 Å². The molecule has 1 aromatic heterocycles. The fraction of sp³-hybridized carbons (Fsp3) is 0.190. The van der Waals surface area contributed by atoms with Crippen molar-refractivity contribution in [3.8, 4) is 5.75 Å². The van der Waals surface area contributed by atoms with Gasteiger partial charge in [0.15, 0.2) is 0 Å². The Morgan fingerprint density at radius 1 is 1.19 bits per heavy atom. The highest BCUT2D eigenvalue weighted by Crippen LogP contribution is 2.40. The average Bonchev–Trinajstić information content (AvgIpc) is 3.52. The lowest BCUT2D eigenvalue weighted by atomic mass is 10.1. The molecule has 1 aliphatic carbocycles. The minimum absolute atomic E-state index is 0.232. The summed E-state index contributed by atoms with van der Waals surface area (Å²) in [7, 11) is 1.62. The van der Waals surface area contributed by atoms with Gasteiger partial charge >= 0.3 is 0 Å². The molecule has 0 unspecified atom stereocenters. The molecule has 130 valence electrons. The van der Waals surface area contributed by atoms with Crippen LogP contribution in [0.1, 0.15) is 40.4 Å². The van der Waals surface area contributed by atoms with Crippen LogP contribution in [0, 0.1) is 0 Å². The number of hydrazone groups is 1. The molecule has 3 aromatic rings. The van der Waals surface area contributed by atoms with Gasteiger partial charge in [0.1, 0.15) is 5.75 Å². The van der Waals surface area contributed by atoms with E-state index in [1.807, 2.05) is 54.6 Å². The Labute approximate surface area is 151 Å². The second kappa shape index (κ2) is 6.96. The summed E-state index contributed by atoms with van der Waals surface area (Å²) in [5.74, 6) is 0.991. The number of fused-ring (bicyclic) bond motifs is 1. The van der Waals surface area contributed by atoms with E-state index in [4.69, 9.17) is 9.72 Å². The van der Waals surface area contributed by atoms with Crippen molar-refractivity contribution < 1.29 is 9.53 Å². The quantitative estimate of drug-likeness (QED) is 0.564. The van der Waals surface area contributed by atoms with Crippen LogP contribution in [0.2, 0.25) is 0 Å². The van der Waals surface area contributed by atoms with E-state index in [9.17, 15) is 4.79 Å². The van der Waals surface area contributed by atoms with Gasteiger partial charge in [-0.15, -0.1) is 0 Å². The molecule has 2 aromatic carbocycles. The van der Waals surface area contributed by atoms with Crippen LogP contribution in [0.3, 0.4) is 0 Å². The SMILES string of the molecule is COc1cccc(/C=N/NC(=O)c2cc(C3CC3)nc3ccccc23)c1. The molecule has 5 heteroatoms. The zero-order valence-corrected chi connectivity index (χ0v) is 14.5. The van der Waals surface area contributed by atoms with E-state index in [0.717, 1.165) is 40.8 Å². The molecule has 0 radical (unpaired) electrons. The largest absolute Gasteiger partial charge is 0.497 e. The van der Waals surface area contributed by atoms with E-state index in [0.29, 0.717) is 11.5 Å². The van der Waals surface area contributed by atoms with Gasteiger partial charge in [0.2, 0.25) is 0 Å². The number of rotatable bonds is 5. The number of carbonyl (C=O) groups is 1. The predicted molar refractivity (Wildman–Crippen MR) is 102 cm³/mol. The van der Waals surface area contributed by atoms with Crippen molar-refractivity contribution in [1.82, 2.24) is 10.4 Å². The van der Waals surface area contributed by atoms with Gasteiger partial charge in [-0.2, -0.15) is 5.10 Å². The molecule has 0 bridgehead atoms. The summed E-state index contributed by atoms with van der Waals surface area (Å²) in [6, 6.07) is 17.1. The number of nitrogens with one attached hydrogen (secondary N) is 1. The molecule has 26 heavy (non-hydrogen) atoms. The van der Waals surface area contributed by atoms with Crippen LogP contribution in [0.4, 0.5) is 0 Å². The van der Waals surface area contributed by atoms with Crippen molar-refractivity contribution in [2.24, 2.45) is 5.10 Å². The smallest absolute Gasteiger partial charge is 0.272 e. The summed E-state index contributed by atoms with van der Waals surface area (Å²) in [6.45, 7) is 0. The topological polar surface area (TPSA) is 63.6 Å². The maximum absolute atomic E-state index is 12.7. The number of amides is 1. The van der Waals surface area contributed by atoms with E-state index < -0.39 is 0 Å². The summed E-state index contributed by atoms with van der Waals surface area (Å²) in [6.07, 6.45) is 3.88. The van der Waals surface area contributed by atoms with Crippen molar-refractivity contribution >= 4 is 23.0 Å². The number of nitrogens with zero attached hydrogens (tertiary/aromatic N) is 2. The van der Waals surface area contributed by atoms with Crippen molar-refractivity contribution in [3.05, 3.63) is 71.4 Å². The van der Waals surface area contributed by atoms with Crippen LogP contribution in [-0.4, -0.2) is 24.2 Å². The standard InChI is InChI=1S/C21H19N3O2/c1-26-16-6-4-5-14(11-16)13-22-24-21(25)18-12-20(15-9-10-15)23-19-8-3-2-7-17(18)19/h2-8,11-13,15H,9-10H2,1H3,(H,24,25)/b22-13+. The van der Waals surface area contributed by atoms with E-state index in [1.54, 1.807) is 13.3 Å². The molecule has 0 aliphatic heterocycles. The van der Waals surface area contributed by atoms with Crippen molar-refractivity contribution in [1.29, 1.82) is 0 Å². The van der Waals surface area contributed by atoms with Crippen molar-refractivity contribution in [3.63, 3.8) is 0 Å². The zero-order valence-electron chi connectivity index (χ0n) is 14.5. The van der Waals surface area contributed by atoms with Gasteiger partial charge in [-0.05, 0) is 42.7 Å². The number of methoxy groups -OCH3 is 1. The molecule has 1 aliphatic rings. The molecule has 4 rings (SSSR count). The average molecular weight is 345 g/mol. The lowest BCUT2D eigenvalue weighted by molar-refractivity contribution is 0.0956. The third kappa shape index (κ3) is 3.42. The van der Waals surface area contributed by atoms with E-state index in [2.05, 4.69) is 10.5 Å². The molecule has 5 nitrogen and oxygen atoms in total. The van der Waals surface area contributed by atoms with E-state index in [-0.39, 0.29) is 5.91 Å². The number of hydrogen-bond donors (Lipinski definition) is 1. The maximum atomic E-state index is 12.7. The Hall–Kier alpha value is -3.21. The highest BCUT2D eigenvalue weighted by Gasteiger charge is 2.26. The van der Waals surface area contributed by atoms with Gasteiger partial charge in [0.05, 0.1) is 24.4 Å². The molecular weight excluding hydrogens is 326 g/mol. The summed E-state index contributed by atoms with van der Waals surface area (Å²) >= 11 is 0. The van der Waals surface area contributed by atoms with Gasteiger partial charge in [-0.3, -0.25) is 9.78 Å². The number of pyridine rings is 1. The molecule has 1 saturated carbocycles. The van der Waals surface area contributed by atoms with Crippen molar-refractivity contribution in [2.75, 3.05) is 7.11 Å². The fourth-order valence-electron chi connectivity index (χ4n) is 2.92. The monoisotopic (exact) mass is 345 g/mol. The minimum Gasteiger partial charge on any atom is -0.497 e. The van der Waals surface area contributed by atoms with Crippen LogP contribution in [-0.2, 0) is 0 Å². The van der Waals surface area contributed by atoms with Crippen LogP contribution < -0.4 is 10.2 Å². The maximum Gasteiger partial charge on any atom is 0.272 e. The van der Waals surface area contributed by atoms with Gasteiger partial charge in [0.25, 0.3) is 5.91 Å². The molecule has 1 fully saturated rings. The van der Waals surface area contributed by atoms with Gasteiger partial charge in [-0.1, -0.05) is 30.3 Å². The second-order valence-corrected chi connectivity index (χ2v) is 6.36. The summed E-state index contributed by atoms with van der Waals surface area (Å²) in [5.41, 5.74) is 5.92. The normalized spacial score (nSPS) is 13.9. The minimum atomic E-state index is -0.232. The molecule has 1 N–H and O–H groups in total. The third-order valence-electron chi connectivity index (χ3n) is 4.45. The highest BCUT2D eigenvalue weighted by atomic mass is 16.5. The first-order chi connectivity index (χ1) is 12.7. The fourth-order valence-corrected chi connectivity index (χ4v) is 2.92. The van der Waals surface area contributed by atoms with Crippen molar-refractivity contribution in [2.45, 2.75) is 18.8 Å². The second-order valence-electron chi connectivity index (χ2n) is 6.36. The highest BCUT2D eigenvalue weighted by molar-refractivity contribution is 6.06. The molecule has 0 atom stereocenters. The first kappa shape index (κ1) is 16.3. The number of ether oxygens (including phenoxy) is 1. The van der Waals surface area contributed by atoms with E-state index in [1.165, 1.54) is 0 Å². The molecule has 0 saturated heterocycles. The van der Waals surface area contributed by atoms with E-state index >= 15 is 0 Å². The Morgan fingerprint density at radius 3 is 2.85 bits per heavy atom. The lowest BCUT2D eigenvalue weighted by Crippen LogP contribution is -2.18. The Bertz CT molecular complexity index is 993. The summed E-state index contributed by atoms with van der Waals surface area (Å²) in [5, 5.41) is 4.93. The number of hydrogen-bond acceptors (Lipinski definition) is 4. The number of aromatic nitrogens is 1. The molecule has 1 amide bonds. The van der Waals surface area contributed by atoms with Crippen LogP contribution in [0.25, 0.3) is 10.9 Å². The Balaban J connectivity index is 1.58. The van der Waals surface area contributed by atoms with Crippen LogP contribution in [0.15, 0.2) is 59.7 Å². The summed E-state index contributed by atoms with van der Waals surface area (Å²) in [4.78, 5) is 17.4.